The monoisotopic (exact) mass is 530 g/mol. The van der Waals surface area contributed by atoms with Crippen LogP contribution in [-0.2, 0) is 14.6 Å². The van der Waals surface area contributed by atoms with Gasteiger partial charge in [-0.25, -0.2) is 18.1 Å². The average Bonchev–Trinajstić information content (AvgIpc) is 3.48. The van der Waals surface area contributed by atoms with Crippen LogP contribution in [-0.4, -0.2) is 53.7 Å². The van der Waals surface area contributed by atoms with E-state index in [1.807, 2.05) is 0 Å². The number of hydrogen-bond acceptors (Lipinski definition) is 10. The Morgan fingerprint density at radius 1 is 1.28 bits per heavy atom. The number of sulfone groups is 1. The Hall–Kier alpha value is -3.71. The zero-order valence-electron chi connectivity index (χ0n) is 19.5. The highest BCUT2D eigenvalue weighted by molar-refractivity contribution is 8.16. The molecule has 2 aliphatic heterocycles. The van der Waals surface area contributed by atoms with Crippen molar-refractivity contribution in [3.8, 4) is 11.5 Å². The first-order valence-corrected chi connectivity index (χ1v) is 13.3. The highest BCUT2D eigenvalue weighted by atomic mass is 32.2. The summed E-state index contributed by atoms with van der Waals surface area (Å²) in [6.45, 7) is 5.55. The van der Waals surface area contributed by atoms with E-state index in [0.29, 0.717) is 5.56 Å². The summed E-state index contributed by atoms with van der Waals surface area (Å²) in [4.78, 5) is 30.0. The largest absolute Gasteiger partial charge is 0.490 e. The van der Waals surface area contributed by atoms with Gasteiger partial charge < -0.3 is 13.9 Å². The van der Waals surface area contributed by atoms with E-state index in [1.165, 1.54) is 30.5 Å². The highest BCUT2D eigenvalue weighted by Gasteiger charge is 2.42. The van der Waals surface area contributed by atoms with Crippen molar-refractivity contribution < 1.29 is 31.9 Å². The van der Waals surface area contributed by atoms with Crippen molar-refractivity contribution in [3.05, 3.63) is 53.5 Å². The van der Waals surface area contributed by atoms with E-state index in [-0.39, 0.29) is 57.3 Å². The maximum atomic E-state index is 12.8. The third kappa shape index (κ3) is 5.11. The molecule has 0 radical (unpaired) electrons. The zero-order chi connectivity index (χ0) is 26.0. The summed E-state index contributed by atoms with van der Waals surface area (Å²) in [5.41, 5.74) is 0.315. The van der Waals surface area contributed by atoms with Crippen molar-refractivity contribution in [2.45, 2.75) is 20.8 Å². The summed E-state index contributed by atoms with van der Waals surface area (Å²) >= 11 is 0.739. The Morgan fingerprint density at radius 2 is 2.06 bits per heavy atom. The molecular formula is C23H22N4O7S2. The van der Waals surface area contributed by atoms with Gasteiger partial charge in [0.1, 0.15) is 5.84 Å². The Kier molecular flexibility index (Phi) is 7.13. The van der Waals surface area contributed by atoms with Crippen molar-refractivity contribution in [2.24, 2.45) is 15.3 Å². The smallest absolute Gasteiger partial charge is 0.379 e. The van der Waals surface area contributed by atoms with E-state index < -0.39 is 21.7 Å². The first-order valence-electron chi connectivity index (χ1n) is 10.8. The topological polar surface area (TPSA) is 152 Å². The number of carbonyl (C=O) groups is 2. The van der Waals surface area contributed by atoms with Crippen LogP contribution in [0.5, 0.6) is 11.5 Å². The predicted octanol–water partition coefficient (Wildman–Crippen LogP) is 3.54. The molecule has 3 heterocycles. The molecule has 11 nitrogen and oxygen atoms in total. The van der Waals surface area contributed by atoms with Gasteiger partial charge in [-0.3, -0.25) is 10.2 Å². The predicted molar refractivity (Wildman–Crippen MR) is 135 cm³/mol. The number of amides is 1. The van der Waals surface area contributed by atoms with Gasteiger partial charge in [-0.15, -0.1) is 0 Å². The van der Waals surface area contributed by atoms with Crippen molar-refractivity contribution in [2.75, 3.05) is 12.4 Å². The Balaban J connectivity index is 1.65. The fourth-order valence-corrected chi connectivity index (χ4v) is 6.12. The quantitative estimate of drug-likeness (QED) is 0.245. The number of esters is 1. The SMILES string of the molecule is CCOc1cc(/C=C2/C(=N)N3C(=NC2=O)SN=C3S(=O)(=O)CC(C)C)ccc1OC(=O)c1ccco1. The molecule has 0 atom stereocenters. The minimum absolute atomic E-state index is 0.0136. The fraction of sp³-hybridized carbons (Fsp3) is 0.261. The summed E-state index contributed by atoms with van der Waals surface area (Å²) in [6.07, 6.45) is 2.74. The van der Waals surface area contributed by atoms with Crippen LogP contribution in [0.3, 0.4) is 0 Å². The lowest BCUT2D eigenvalue weighted by Crippen LogP contribution is -2.46. The fourth-order valence-electron chi connectivity index (χ4n) is 3.39. The lowest BCUT2D eigenvalue weighted by Gasteiger charge is -2.24. The Labute approximate surface area is 211 Å². The normalized spacial score (nSPS) is 16.8. The Morgan fingerprint density at radius 3 is 2.72 bits per heavy atom. The van der Waals surface area contributed by atoms with Crippen LogP contribution in [0.25, 0.3) is 6.08 Å². The van der Waals surface area contributed by atoms with Crippen molar-refractivity contribution in [1.82, 2.24) is 4.90 Å². The zero-order valence-corrected chi connectivity index (χ0v) is 21.2. The third-order valence-electron chi connectivity index (χ3n) is 4.83. The number of benzene rings is 1. The molecule has 0 spiro atoms. The van der Waals surface area contributed by atoms with E-state index in [0.717, 1.165) is 16.8 Å². The molecule has 0 saturated heterocycles. The minimum atomic E-state index is -3.81. The lowest BCUT2D eigenvalue weighted by molar-refractivity contribution is -0.114. The van der Waals surface area contributed by atoms with E-state index in [9.17, 15) is 18.0 Å². The number of hydrogen-bond donors (Lipinski definition) is 1. The van der Waals surface area contributed by atoms with Gasteiger partial charge in [-0.1, -0.05) is 19.9 Å². The number of fused-ring (bicyclic) bond motifs is 1. The van der Waals surface area contributed by atoms with E-state index in [2.05, 4.69) is 9.39 Å². The van der Waals surface area contributed by atoms with E-state index >= 15 is 0 Å². The number of aliphatic imine (C=N–C) groups is 1. The molecule has 1 aromatic heterocycles. The average molecular weight is 531 g/mol. The van der Waals surface area contributed by atoms with Crippen LogP contribution < -0.4 is 9.47 Å². The van der Waals surface area contributed by atoms with Gasteiger partial charge in [0.25, 0.3) is 5.91 Å². The molecule has 36 heavy (non-hydrogen) atoms. The molecule has 0 fully saturated rings. The summed E-state index contributed by atoms with van der Waals surface area (Å²) < 4.78 is 45.6. The number of amidine groups is 3. The van der Waals surface area contributed by atoms with Gasteiger partial charge in [0.15, 0.2) is 11.5 Å². The summed E-state index contributed by atoms with van der Waals surface area (Å²) in [5, 5.41) is 8.27. The second-order valence-electron chi connectivity index (χ2n) is 8.09. The Bertz CT molecular complexity index is 1420. The molecule has 1 aromatic carbocycles. The molecule has 2 aromatic rings. The second kappa shape index (κ2) is 10.1. The van der Waals surface area contributed by atoms with Gasteiger partial charge >= 0.3 is 5.97 Å². The van der Waals surface area contributed by atoms with Crippen molar-refractivity contribution >= 4 is 55.9 Å². The minimum Gasteiger partial charge on any atom is -0.490 e. The van der Waals surface area contributed by atoms with Gasteiger partial charge in [0.05, 0.1) is 36.1 Å². The van der Waals surface area contributed by atoms with Gasteiger partial charge in [0, 0.05) is 0 Å². The summed E-state index contributed by atoms with van der Waals surface area (Å²) in [5.74, 6) is -1.70. The molecule has 0 saturated carbocycles. The standard InChI is InChI=1S/C23H22N4O7S2/c1-4-32-18-11-14(7-8-16(18)34-21(29)17-6-5-9-33-17)10-15-19(24)27-22(25-20(15)28)35-26-23(27)36(30,31)12-13(2)3/h5-11,13,24H,4,12H2,1-3H3/b15-10-,24-19?. The molecule has 0 bridgehead atoms. The molecule has 0 unspecified atom stereocenters. The van der Waals surface area contributed by atoms with Crippen LogP contribution >= 0.6 is 11.9 Å². The number of nitrogens with one attached hydrogen (secondary N) is 1. The molecule has 2 aliphatic rings. The van der Waals surface area contributed by atoms with Crippen LogP contribution in [0.1, 0.15) is 36.9 Å². The van der Waals surface area contributed by atoms with Crippen LogP contribution in [0.4, 0.5) is 0 Å². The van der Waals surface area contributed by atoms with Crippen LogP contribution in [0, 0.1) is 11.3 Å². The molecule has 4 rings (SSSR count). The number of ether oxygens (including phenoxy) is 2. The van der Waals surface area contributed by atoms with Gasteiger partial charge in [-0.2, -0.15) is 9.39 Å². The van der Waals surface area contributed by atoms with Gasteiger partial charge in [-0.05, 0) is 48.7 Å². The molecule has 1 amide bonds. The van der Waals surface area contributed by atoms with Crippen molar-refractivity contribution in [3.63, 3.8) is 0 Å². The third-order valence-corrected chi connectivity index (χ3v) is 7.58. The first kappa shape index (κ1) is 25.4. The lowest BCUT2D eigenvalue weighted by atomic mass is 10.1. The van der Waals surface area contributed by atoms with Crippen molar-refractivity contribution in [1.29, 1.82) is 5.41 Å². The maximum Gasteiger partial charge on any atom is 0.379 e. The molecule has 188 valence electrons. The highest BCUT2D eigenvalue weighted by Crippen LogP contribution is 2.33. The van der Waals surface area contributed by atoms with Crippen LogP contribution in [0.15, 0.2) is 56.0 Å². The number of nitrogens with zero attached hydrogens (tertiary/aromatic N) is 3. The van der Waals surface area contributed by atoms with E-state index in [1.54, 1.807) is 32.9 Å². The first-order chi connectivity index (χ1) is 17.1. The molecule has 13 heteroatoms. The van der Waals surface area contributed by atoms with E-state index in [4.69, 9.17) is 19.3 Å². The molecule has 1 N–H and O–H groups in total. The summed E-state index contributed by atoms with van der Waals surface area (Å²) in [7, 11) is -3.81. The maximum absolute atomic E-state index is 12.8. The summed E-state index contributed by atoms with van der Waals surface area (Å²) in [6, 6.07) is 7.59. The molecular weight excluding hydrogens is 508 g/mol. The van der Waals surface area contributed by atoms with Gasteiger partial charge in [0.2, 0.25) is 25.9 Å². The number of carbonyl (C=O) groups excluding carboxylic acids is 2. The van der Waals surface area contributed by atoms with Crippen LogP contribution in [0.2, 0.25) is 0 Å². The molecule has 0 aliphatic carbocycles. The number of rotatable bonds is 7. The number of furan rings is 1. The second-order valence-corrected chi connectivity index (χ2v) is 10.7.